The lowest BCUT2D eigenvalue weighted by Gasteiger charge is -2.32. The Bertz CT molecular complexity index is 1210. The van der Waals surface area contributed by atoms with Crippen molar-refractivity contribution in [3.8, 4) is 11.1 Å². The van der Waals surface area contributed by atoms with Crippen LogP contribution in [0.4, 0.5) is 4.79 Å². The monoisotopic (exact) mass is 365 g/mol. The number of amides is 2. The molecule has 2 heterocycles. The molecule has 1 aromatic heterocycles. The molecular weight excluding hydrogens is 346 g/mol. The van der Waals surface area contributed by atoms with Crippen LogP contribution in [0.1, 0.15) is 22.7 Å². The first kappa shape index (κ1) is 16.4. The van der Waals surface area contributed by atoms with Gasteiger partial charge in [-0.15, -0.1) is 0 Å². The van der Waals surface area contributed by atoms with Crippen LogP contribution in [0.15, 0.2) is 85.2 Å². The summed E-state index contributed by atoms with van der Waals surface area (Å²) in [6.45, 7) is 0. The molecular formula is C24H19N3O. The first-order valence-corrected chi connectivity index (χ1v) is 9.24. The van der Waals surface area contributed by atoms with E-state index in [2.05, 4.69) is 41.4 Å². The molecule has 136 valence electrons. The van der Waals surface area contributed by atoms with E-state index in [1.807, 2.05) is 48.7 Å². The highest BCUT2D eigenvalue weighted by atomic mass is 16.2. The molecule has 0 aliphatic carbocycles. The fourth-order valence-electron chi connectivity index (χ4n) is 4.01. The molecule has 1 atom stereocenters. The van der Waals surface area contributed by atoms with Crippen LogP contribution in [-0.4, -0.2) is 15.9 Å². The minimum absolute atomic E-state index is 0.265. The van der Waals surface area contributed by atoms with Crippen molar-refractivity contribution in [2.75, 3.05) is 0 Å². The highest BCUT2D eigenvalue weighted by molar-refractivity contribution is 5.87. The Morgan fingerprint density at radius 3 is 2.50 bits per heavy atom. The molecule has 0 fully saturated rings. The number of rotatable bonds is 2. The molecule has 3 N–H and O–H groups in total. The van der Waals surface area contributed by atoms with E-state index in [9.17, 15) is 4.79 Å². The number of urea groups is 1. The van der Waals surface area contributed by atoms with E-state index in [1.54, 1.807) is 11.1 Å². The number of aromatic nitrogens is 1. The first-order chi connectivity index (χ1) is 13.7. The van der Waals surface area contributed by atoms with Gasteiger partial charge in [-0.3, -0.25) is 4.90 Å². The largest absolute Gasteiger partial charge is 0.361 e. The first-order valence-electron chi connectivity index (χ1n) is 9.24. The maximum atomic E-state index is 12.2. The number of hydrogen-bond donors (Lipinski definition) is 2. The number of benzene rings is 3. The van der Waals surface area contributed by atoms with Crippen LogP contribution in [0.2, 0.25) is 0 Å². The fraction of sp³-hybridized carbons (Fsp3) is 0.0417. The molecule has 0 saturated heterocycles. The van der Waals surface area contributed by atoms with Gasteiger partial charge in [0.05, 0.1) is 6.04 Å². The minimum Gasteiger partial charge on any atom is -0.361 e. The fourth-order valence-corrected chi connectivity index (χ4v) is 4.01. The second kappa shape index (κ2) is 6.43. The predicted octanol–water partition coefficient (Wildman–Crippen LogP) is 5.29. The predicted molar refractivity (Wildman–Crippen MR) is 112 cm³/mol. The number of carbonyl (C=O) groups excluding carboxylic acids is 1. The van der Waals surface area contributed by atoms with Gasteiger partial charge in [0, 0.05) is 28.9 Å². The summed E-state index contributed by atoms with van der Waals surface area (Å²) < 4.78 is 0. The molecule has 4 heteroatoms. The van der Waals surface area contributed by atoms with E-state index < -0.39 is 6.03 Å². The number of aromatic amines is 1. The Balaban J connectivity index is 1.68. The molecule has 0 bridgehead atoms. The number of carbonyl (C=O) groups is 1. The molecule has 0 saturated carbocycles. The highest BCUT2D eigenvalue weighted by Gasteiger charge is 2.30. The standard InChI is InChI=1S/C24H19N3O/c25-24(28)27-13-12-18-14-17(16-6-2-1-3-7-16)10-11-19(18)23(27)21-15-26-22-9-5-4-8-20(21)22/h1-15,23,26H,(H2,25,28). The van der Waals surface area contributed by atoms with Crippen LogP contribution in [-0.2, 0) is 0 Å². The SMILES string of the molecule is NC(=O)N1C=Cc2cc(-c3ccccc3)ccc2C1c1c[nH]c2ccccc12. The zero-order chi connectivity index (χ0) is 19.1. The van der Waals surface area contributed by atoms with Crippen molar-refractivity contribution in [3.63, 3.8) is 0 Å². The van der Waals surface area contributed by atoms with E-state index >= 15 is 0 Å². The summed E-state index contributed by atoms with van der Waals surface area (Å²) in [6, 6.07) is 24.0. The third kappa shape index (κ3) is 2.58. The molecule has 1 aliphatic rings. The van der Waals surface area contributed by atoms with Crippen molar-refractivity contribution in [1.29, 1.82) is 0 Å². The van der Waals surface area contributed by atoms with Crippen LogP contribution in [0.25, 0.3) is 28.1 Å². The number of hydrogen-bond acceptors (Lipinski definition) is 1. The van der Waals surface area contributed by atoms with Gasteiger partial charge in [-0.05, 0) is 40.5 Å². The van der Waals surface area contributed by atoms with Crippen molar-refractivity contribution in [1.82, 2.24) is 9.88 Å². The summed E-state index contributed by atoms with van der Waals surface area (Å²) >= 11 is 0. The quantitative estimate of drug-likeness (QED) is 0.498. The zero-order valence-corrected chi connectivity index (χ0v) is 15.2. The molecule has 5 rings (SSSR count). The summed E-state index contributed by atoms with van der Waals surface area (Å²) in [5, 5.41) is 1.09. The van der Waals surface area contributed by atoms with E-state index in [1.165, 1.54) is 5.56 Å². The third-order valence-corrected chi connectivity index (χ3v) is 5.35. The Morgan fingerprint density at radius 1 is 0.893 bits per heavy atom. The highest BCUT2D eigenvalue weighted by Crippen LogP contribution is 2.39. The number of fused-ring (bicyclic) bond motifs is 2. The normalized spacial score (nSPS) is 15.6. The Hall–Kier alpha value is -3.79. The minimum atomic E-state index is -0.468. The van der Waals surface area contributed by atoms with Crippen molar-refractivity contribution < 1.29 is 4.79 Å². The van der Waals surface area contributed by atoms with Gasteiger partial charge in [-0.2, -0.15) is 0 Å². The van der Waals surface area contributed by atoms with Crippen LogP contribution in [0.3, 0.4) is 0 Å². The van der Waals surface area contributed by atoms with Gasteiger partial charge in [0.2, 0.25) is 0 Å². The number of primary amides is 1. The summed E-state index contributed by atoms with van der Waals surface area (Å²) in [5.74, 6) is 0. The van der Waals surface area contributed by atoms with Gasteiger partial charge in [0.1, 0.15) is 0 Å². The van der Waals surface area contributed by atoms with Crippen LogP contribution in [0, 0.1) is 0 Å². The van der Waals surface area contributed by atoms with Crippen molar-refractivity contribution in [2.45, 2.75) is 6.04 Å². The van der Waals surface area contributed by atoms with E-state index in [4.69, 9.17) is 5.73 Å². The number of para-hydroxylation sites is 1. The zero-order valence-electron chi connectivity index (χ0n) is 15.2. The second-order valence-electron chi connectivity index (χ2n) is 6.96. The molecule has 2 amide bonds. The molecule has 4 nitrogen and oxygen atoms in total. The number of nitrogens with zero attached hydrogens (tertiary/aromatic N) is 1. The molecule has 3 aromatic carbocycles. The average molecular weight is 365 g/mol. The molecule has 28 heavy (non-hydrogen) atoms. The van der Waals surface area contributed by atoms with Gasteiger partial charge < -0.3 is 10.7 Å². The summed E-state index contributed by atoms with van der Waals surface area (Å²) in [7, 11) is 0. The summed E-state index contributed by atoms with van der Waals surface area (Å²) in [5.41, 5.74) is 12.3. The lowest BCUT2D eigenvalue weighted by atomic mass is 9.88. The average Bonchev–Trinajstić information content (AvgIpc) is 3.17. The topological polar surface area (TPSA) is 62.1 Å². The number of nitrogens with two attached hydrogens (primary N) is 1. The Labute approximate surface area is 162 Å². The van der Waals surface area contributed by atoms with Gasteiger partial charge in [-0.1, -0.05) is 60.7 Å². The smallest absolute Gasteiger partial charge is 0.319 e. The van der Waals surface area contributed by atoms with Crippen LogP contribution >= 0.6 is 0 Å². The molecule has 1 unspecified atom stereocenters. The summed E-state index contributed by atoms with van der Waals surface area (Å²) in [4.78, 5) is 17.1. The maximum absolute atomic E-state index is 12.2. The van der Waals surface area contributed by atoms with Gasteiger partial charge in [-0.25, -0.2) is 4.79 Å². The van der Waals surface area contributed by atoms with Gasteiger partial charge in [0.15, 0.2) is 0 Å². The molecule has 1 aliphatic heterocycles. The maximum Gasteiger partial charge on any atom is 0.319 e. The van der Waals surface area contributed by atoms with E-state index in [0.29, 0.717) is 0 Å². The molecule has 0 spiro atoms. The lowest BCUT2D eigenvalue weighted by molar-refractivity contribution is 0.216. The van der Waals surface area contributed by atoms with Crippen LogP contribution < -0.4 is 5.73 Å². The molecule has 0 radical (unpaired) electrons. The van der Waals surface area contributed by atoms with Crippen molar-refractivity contribution in [2.24, 2.45) is 5.73 Å². The van der Waals surface area contributed by atoms with Crippen molar-refractivity contribution in [3.05, 3.63) is 102 Å². The number of H-pyrrole nitrogens is 1. The molecule has 4 aromatic rings. The Morgan fingerprint density at radius 2 is 1.68 bits per heavy atom. The van der Waals surface area contributed by atoms with E-state index in [0.717, 1.165) is 33.2 Å². The lowest BCUT2D eigenvalue weighted by Crippen LogP contribution is -2.36. The summed E-state index contributed by atoms with van der Waals surface area (Å²) in [6.07, 6.45) is 5.71. The Kier molecular flexibility index (Phi) is 3.76. The second-order valence-corrected chi connectivity index (χ2v) is 6.96. The van der Waals surface area contributed by atoms with E-state index in [-0.39, 0.29) is 6.04 Å². The third-order valence-electron chi connectivity index (χ3n) is 5.35. The number of nitrogens with one attached hydrogen (secondary N) is 1. The van der Waals surface area contributed by atoms with Gasteiger partial charge >= 0.3 is 6.03 Å². The van der Waals surface area contributed by atoms with Crippen LogP contribution in [0.5, 0.6) is 0 Å². The van der Waals surface area contributed by atoms with Gasteiger partial charge in [0.25, 0.3) is 0 Å². The van der Waals surface area contributed by atoms with Crippen molar-refractivity contribution >= 4 is 23.0 Å².